The van der Waals surface area contributed by atoms with Gasteiger partial charge in [-0.15, -0.1) is 11.3 Å². The van der Waals surface area contributed by atoms with Crippen LogP contribution in [-0.2, 0) is 16.1 Å². The van der Waals surface area contributed by atoms with E-state index < -0.39 is 12.0 Å². The lowest BCUT2D eigenvalue weighted by molar-refractivity contribution is -0.147. The molecule has 6 nitrogen and oxygen atoms in total. The Kier molecular flexibility index (Phi) is 7.12. The predicted octanol–water partition coefficient (Wildman–Crippen LogP) is 5.03. The number of esters is 1. The number of aromatic nitrogens is 1. The fraction of sp³-hybridized carbons (Fsp3) is 0.115. The second kappa shape index (κ2) is 10.6. The molecular weight excluding hydrogens is 436 g/mol. The van der Waals surface area contributed by atoms with E-state index in [0.717, 1.165) is 16.3 Å². The molecule has 1 aromatic heterocycles. The molecule has 0 spiro atoms. The number of carbonyl (C=O) groups is 2. The predicted molar refractivity (Wildman–Crippen MR) is 127 cm³/mol. The lowest BCUT2D eigenvalue weighted by Gasteiger charge is -2.18. The van der Waals surface area contributed by atoms with Gasteiger partial charge in [-0.2, -0.15) is 0 Å². The number of amides is 1. The summed E-state index contributed by atoms with van der Waals surface area (Å²) in [5.74, 6) is -0.186. The highest BCUT2D eigenvalue weighted by atomic mass is 32.1. The molecule has 0 fully saturated rings. The maximum Gasteiger partial charge on any atom is 0.333 e. The first-order valence-corrected chi connectivity index (χ1v) is 11.2. The number of hydrogen-bond acceptors (Lipinski definition) is 6. The number of rotatable bonds is 8. The first-order valence-electron chi connectivity index (χ1n) is 10.3. The van der Waals surface area contributed by atoms with Crippen molar-refractivity contribution in [2.75, 3.05) is 7.11 Å². The van der Waals surface area contributed by atoms with Crippen molar-refractivity contribution in [3.05, 3.63) is 107 Å². The van der Waals surface area contributed by atoms with E-state index in [-0.39, 0.29) is 12.5 Å². The Hall–Kier alpha value is -3.97. The number of methoxy groups -OCH3 is 1. The van der Waals surface area contributed by atoms with Gasteiger partial charge in [0.15, 0.2) is 6.04 Å². The fourth-order valence-electron chi connectivity index (χ4n) is 3.27. The van der Waals surface area contributed by atoms with Gasteiger partial charge in [-0.25, -0.2) is 9.78 Å². The van der Waals surface area contributed by atoms with Crippen LogP contribution in [0.4, 0.5) is 0 Å². The Morgan fingerprint density at radius 3 is 2.33 bits per heavy atom. The van der Waals surface area contributed by atoms with Crippen molar-refractivity contribution >= 4 is 23.2 Å². The van der Waals surface area contributed by atoms with Gasteiger partial charge in [-0.1, -0.05) is 60.7 Å². The topological polar surface area (TPSA) is 77.5 Å². The van der Waals surface area contributed by atoms with E-state index >= 15 is 0 Å². The molecule has 166 valence electrons. The third-order valence-corrected chi connectivity index (χ3v) is 5.86. The molecule has 0 aliphatic rings. The number of nitrogens with zero attached hydrogens (tertiary/aromatic N) is 1. The highest BCUT2D eigenvalue weighted by Gasteiger charge is 2.25. The summed E-state index contributed by atoms with van der Waals surface area (Å²) >= 11 is 1.44. The third kappa shape index (κ3) is 5.45. The van der Waals surface area contributed by atoms with E-state index in [1.54, 1.807) is 43.5 Å². The van der Waals surface area contributed by atoms with E-state index in [1.165, 1.54) is 11.3 Å². The minimum Gasteiger partial charge on any atom is -0.496 e. The molecule has 0 radical (unpaired) electrons. The SMILES string of the molecule is COc1ccccc1-c1nc(COC(=O)C(NC(=O)c2ccccc2)c2ccccc2)cs1. The fourth-order valence-corrected chi connectivity index (χ4v) is 4.11. The standard InChI is InChI=1S/C26H22N2O4S/c1-31-22-15-9-8-14-21(22)25-27-20(17-33-25)16-32-26(30)23(18-10-4-2-5-11-18)28-24(29)19-12-6-3-7-13-19/h2-15,17,23H,16H2,1H3,(H,28,29). The molecule has 1 amide bonds. The van der Waals surface area contributed by atoms with Gasteiger partial charge in [0, 0.05) is 10.9 Å². The average Bonchev–Trinajstić information content (AvgIpc) is 3.35. The van der Waals surface area contributed by atoms with Crippen LogP contribution in [0.1, 0.15) is 27.7 Å². The van der Waals surface area contributed by atoms with E-state index in [1.807, 2.05) is 53.9 Å². The zero-order chi connectivity index (χ0) is 23.0. The summed E-state index contributed by atoms with van der Waals surface area (Å²) in [7, 11) is 1.61. The summed E-state index contributed by atoms with van der Waals surface area (Å²) in [4.78, 5) is 30.2. The Morgan fingerprint density at radius 2 is 1.61 bits per heavy atom. The number of thiazole rings is 1. The minimum atomic E-state index is -0.939. The van der Waals surface area contributed by atoms with Gasteiger partial charge in [0.05, 0.1) is 18.4 Å². The third-order valence-electron chi connectivity index (χ3n) is 4.93. The van der Waals surface area contributed by atoms with Crippen LogP contribution < -0.4 is 10.1 Å². The lowest BCUT2D eigenvalue weighted by Crippen LogP contribution is -2.34. The van der Waals surface area contributed by atoms with Crippen molar-refractivity contribution in [1.29, 1.82) is 0 Å². The number of carbonyl (C=O) groups excluding carboxylic acids is 2. The molecule has 33 heavy (non-hydrogen) atoms. The summed E-state index contributed by atoms with van der Waals surface area (Å²) in [6.45, 7) is -0.00494. The van der Waals surface area contributed by atoms with Crippen LogP contribution in [0.5, 0.6) is 5.75 Å². The van der Waals surface area contributed by atoms with Crippen molar-refractivity contribution in [3.8, 4) is 16.3 Å². The Labute approximate surface area is 195 Å². The average molecular weight is 459 g/mol. The summed E-state index contributed by atoms with van der Waals surface area (Å²) in [5.41, 5.74) is 2.60. The number of benzene rings is 3. The molecule has 4 rings (SSSR count). The molecule has 4 aromatic rings. The summed E-state index contributed by atoms with van der Waals surface area (Å²) < 4.78 is 10.9. The van der Waals surface area contributed by atoms with Crippen molar-refractivity contribution < 1.29 is 19.1 Å². The van der Waals surface area contributed by atoms with Crippen molar-refractivity contribution in [2.45, 2.75) is 12.6 Å². The number of para-hydroxylation sites is 1. The second-order valence-corrected chi connectivity index (χ2v) is 7.99. The molecule has 1 heterocycles. The molecule has 0 saturated heterocycles. The van der Waals surface area contributed by atoms with E-state index in [4.69, 9.17) is 9.47 Å². The Morgan fingerprint density at radius 1 is 0.939 bits per heavy atom. The highest BCUT2D eigenvalue weighted by Crippen LogP contribution is 2.32. The first kappa shape index (κ1) is 22.2. The zero-order valence-corrected chi connectivity index (χ0v) is 18.7. The van der Waals surface area contributed by atoms with Crippen LogP contribution in [-0.4, -0.2) is 24.0 Å². The highest BCUT2D eigenvalue weighted by molar-refractivity contribution is 7.13. The lowest BCUT2D eigenvalue weighted by atomic mass is 10.1. The van der Waals surface area contributed by atoms with Crippen molar-refractivity contribution in [3.63, 3.8) is 0 Å². The molecule has 3 aromatic carbocycles. The number of hydrogen-bond donors (Lipinski definition) is 1. The normalized spacial score (nSPS) is 11.4. The van der Waals surface area contributed by atoms with Gasteiger partial charge in [0.1, 0.15) is 17.4 Å². The number of nitrogens with one attached hydrogen (secondary N) is 1. The maximum atomic E-state index is 13.0. The number of ether oxygens (including phenoxy) is 2. The van der Waals surface area contributed by atoms with Crippen LogP contribution in [0, 0.1) is 0 Å². The Bertz CT molecular complexity index is 1230. The zero-order valence-electron chi connectivity index (χ0n) is 17.9. The van der Waals surface area contributed by atoms with Gasteiger partial charge in [0.25, 0.3) is 5.91 Å². The molecule has 1 atom stereocenters. The molecule has 1 unspecified atom stereocenters. The molecule has 0 saturated carbocycles. The largest absolute Gasteiger partial charge is 0.496 e. The van der Waals surface area contributed by atoms with E-state index in [0.29, 0.717) is 16.8 Å². The van der Waals surface area contributed by atoms with Gasteiger partial charge >= 0.3 is 5.97 Å². The molecule has 0 aliphatic carbocycles. The first-order chi connectivity index (χ1) is 16.2. The van der Waals surface area contributed by atoms with Crippen LogP contribution in [0.25, 0.3) is 10.6 Å². The molecule has 7 heteroatoms. The monoisotopic (exact) mass is 458 g/mol. The van der Waals surface area contributed by atoms with Gasteiger partial charge in [0.2, 0.25) is 0 Å². The van der Waals surface area contributed by atoms with E-state index in [2.05, 4.69) is 10.3 Å². The summed E-state index contributed by atoms with van der Waals surface area (Å²) in [6.07, 6.45) is 0. The summed E-state index contributed by atoms with van der Waals surface area (Å²) in [5, 5.41) is 5.40. The second-order valence-electron chi connectivity index (χ2n) is 7.14. The maximum absolute atomic E-state index is 13.0. The van der Waals surface area contributed by atoms with Crippen molar-refractivity contribution in [2.24, 2.45) is 0 Å². The minimum absolute atomic E-state index is 0.00494. The quantitative estimate of drug-likeness (QED) is 0.375. The van der Waals surface area contributed by atoms with E-state index in [9.17, 15) is 9.59 Å². The molecule has 1 N–H and O–H groups in total. The summed E-state index contributed by atoms with van der Waals surface area (Å²) in [6, 6.07) is 24.4. The van der Waals surface area contributed by atoms with Gasteiger partial charge < -0.3 is 14.8 Å². The van der Waals surface area contributed by atoms with Gasteiger partial charge in [-0.05, 0) is 29.8 Å². The Balaban J connectivity index is 1.47. The molecule has 0 bridgehead atoms. The van der Waals surface area contributed by atoms with Gasteiger partial charge in [-0.3, -0.25) is 4.79 Å². The van der Waals surface area contributed by atoms with Crippen LogP contribution >= 0.6 is 11.3 Å². The van der Waals surface area contributed by atoms with Crippen LogP contribution in [0.15, 0.2) is 90.3 Å². The van der Waals surface area contributed by atoms with Crippen LogP contribution in [0.3, 0.4) is 0 Å². The molecule has 0 aliphatic heterocycles. The smallest absolute Gasteiger partial charge is 0.333 e. The van der Waals surface area contributed by atoms with Crippen LogP contribution in [0.2, 0.25) is 0 Å². The molecular formula is C26H22N2O4S. The van der Waals surface area contributed by atoms with Crippen molar-refractivity contribution in [1.82, 2.24) is 10.3 Å².